The van der Waals surface area contributed by atoms with Crippen molar-refractivity contribution in [3.05, 3.63) is 162 Å². The van der Waals surface area contributed by atoms with E-state index in [9.17, 15) is 0 Å². The lowest BCUT2D eigenvalue weighted by molar-refractivity contribution is 0.187. The zero-order valence-corrected chi connectivity index (χ0v) is 28.2. The van der Waals surface area contributed by atoms with Gasteiger partial charge in [0, 0.05) is 28.3 Å². The van der Waals surface area contributed by atoms with Gasteiger partial charge in [-0.1, -0.05) is 123 Å². The fourth-order valence-electron chi connectivity index (χ4n) is 6.98. The lowest BCUT2D eigenvalue weighted by atomic mass is 10.0. The van der Waals surface area contributed by atoms with Gasteiger partial charge in [0.05, 0.1) is 0 Å². The molecule has 6 aromatic carbocycles. The van der Waals surface area contributed by atoms with E-state index >= 15 is 0 Å². The molecule has 1 unspecified atom stereocenters. The molecule has 244 valence electrons. The van der Waals surface area contributed by atoms with Crippen molar-refractivity contribution < 1.29 is 9.15 Å². The molecule has 0 amide bonds. The number of benzene rings is 6. The molecule has 0 fully saturated rings. The van der Waals surface area contributed by atoms with Crippen molar-refractivity contribution in [3.63, 3.8) is 0 Å². The zero-order chi connectivity index (χ0) is 34.2. The van der Waals surface area contributed by atoms with E-state index in [4.69, 9.17) is 19.6 Å². The van der Waals surface area contributed by atoms with Gasteiger partial charge in [-0.3, -0.25) is 5.41 Å². The molecule has 0 saturated carbocycles. The molecule has 1 atom stereocenters. The average Bonchev–Trinajstić information content (AvgIpc) is 3.67. The van der Waals surface area contributed by atoms with Crippen LogP contribution in [0, 0.1) is 12.3 Å². The Balaban J connectivity index is 1.24. The Bertz CT molecular complexity index is 2500. The third kappa shape index (κ3) is 5.67. The number of nitrogens with one attached hydrogen (secondary N) is 2. The number of rotatable bonds is 9. The second kappa shape index (κ2) is 13.0. The highest BCUT2D eigenvalue weighted by atomic mass is 16.5. The maximum atomic E-state index is 9.06. The number of aryl methyl sites for hydroxylation is 1. The van der Waals surface area contributed by atoms with E-state index in [1.807, 2.05) is 66.7 Å². The van der Waals surface area contributed by atoms with Crippen molar-refractivity contribution in [2.45, 2.75) is 32.9 Å². The van der Waals surface area contributed by atoms with Crippen molar-refractivity contribution >= 4 is 44.4 Å². The fraction of sp³-hybridized carbons (Fsp3) is 0.111. The molecule has 8 rings (SSSR count). The van der Waals surface area contributed by atoms with E-state index in [2.05, 4.69) is 92.5 Å². The summed E-state index contributed by atoms with van der Waals surface area (Å²) in [6.45, 7) is 8.58. The van der Waals surface area contributed by atoms with Gasteiger partial charge in [0.2, 0.25) is 0 Å². The zero-order valence-electron chi connectivity index (χ0n) is 28.2. The van der Waals surface area contributed by atoms with Gasteiger partial charge in [0.1, 0.15) is 22.8 Å². The molecule has 7 aromatic rings. The number of para-hydroxylation sites is 1. The SMILES string of the molecule is C=C(/C=C\CC)CC(N/C(=N\C(=N)c1ccccc1)c1cccc2oc3ccccc3c12)Oc1cc2c(cc1C)-c1cccc3cccc-2c13. The number of amidine groups is 2. The summed E-state index contributed by atoms with van der Waals surface area (Å²) < 4.78 is 13.2. The molecule has 2 N–H and O–H groups in total. The highest BCUT2D eigenvalue weighted by molar-refractivity contribution is 6.21. The van der Waals surface area contributed by atoms with Crippen LogP contribution in [0.4, 0.5) is 0 Å². The maximum Gasteiger partial charge on any atom is 0.175 e. The van der Waals surface area contributed by atoms with Gasteiger partial charge >= 0.3 is 0 Å². The molecular formula is C45H37N3O2. The van der Waals surface area contributed by atoms with Gasteiger partial charge in [-0.05, 0) is 81.8 Å². The highest BCUT2D eigenvalue weighted by Crippen LogP contribution is 2.49. The van der Waals surface area contributed by atoms with Gasteiger partial charge < -0.3 is 14.5 Å². The average molecular weight is 652 g/mol. The first-order valence-corrected chi connectivity index (χ1v) is 17.1. The van der Waals surface area contributed by atoms with Crippen LogP contribution in [-0.4, -0.2) is 17.9 Å². The summed E-state index contributed by atoms with van der Waals surface area (Å²) in [4.78, 5) is 4.96. The molecule has 0 radical (unpaired) electrons. The first kappa shape index (κ1) is 31.1. The van der Waals surface area contributed by atoms with Gasteiger partial charge in [-0.2, -0.15) is 0 Å². The fourth-order valence-corrected chi connectivity index (χ4v) is 6.98. The lowest BCUT2D eigenvalue weighted by Gasteiger charge is -2.25. The van der Waals surface area contributed by atoms with Crippen molar-refractivity contribution in [3.8, 4) is 28.0 Å². The van der Waals surface area contributed by atoms with Gasteiger partial charge in [-0.25, -0.2) is 4.99 Å². The Morgan fingerprint density at radius 3 is 2.30 bits per heavy atom. The van der Waals surface area contributed by atoms with E-state index < -0.39 is 6.23 Å². The second-order valence-electron chi connectivity index (χ2n) is 12.7. The molecule has 0 aliphatic heterocycles. The van der Waals surface area contributed by atoms with E-state index in [-0.39, 0.29) is 5.84 Å². The largest absolute Gasteiger partial charge is 0.470 e. The number of aliphatic imine (C=N–C) groups is 1. The Morgan fingerprint density at radius 1 is 0.820 bits per heavy atom. The summed E-state index contributed by atoms with van der Waals surface area (Å²) in [6, 6.07) is 40.9. The summed E-state index contributed by atoms with van der Waals surface area (Å²) in [5.41, 5.74) is 9.89. The number of allylic oxidation sites excluding steroid dienone is 2. The van der Waals surface area contributed by atoms with E-state index in [1.165, 1.54) is 27.5 Å². The Morgan fingerprint density at radius 2 is 1.52 bits per heavy atom. The Hall–Kier alpha value is -6.20. The summed E-state index contributed by atoms with van der Waals surface area (Å²) in [6.07, 6.45) is 5.00. The minimum Gasteiger partial charge on any atom is -0.470 e. The molecule has 5 nitrogen and oxygen atoms in total. The van der Waals surface area contributed by atoms with Crippen LogP contribution in [0.25, 0.3) is 55.0 Å². The molecule has 1 heterocycles. The summed E-state index contributed by atoms with van der Waals surface area (Å²) in [5, 5.41) is 17.1. The lowest BCUT2D eigenvalue weighted by Crippen LogP contribution is -2.40. The quantitative estimate of drug-likeness (QED) is 0.0706. The van der Waals surface area contributed by atoms with Gasteiger partial charge in [-0.15, -0.1) is 0 Å². The monoisotopic (exact) mass is 651 g/mol. The van der Waals surface area contributed by atoms with Crippen LogP contribution in [0.5, 0.6) is 5.75 Å². The highest BCUT2D eigenvalue weighted by Gasteiger charge is 2.25. The minimum atomic E-state index is -0.559. The van der Waals surface area contributed by atoms with Gasteiger partial charge in [0.15, 0.2) is 12.1 Å². The minimum absolute atomic E-state index is 0.140. The van der Waals surface area contributed by atoms with Crippen LogP contribution in [0.1, 0.15) is 36.5 Å². The number of nitrogens with zero attached hydrogens (tertiary/aromatic N) is 1. The predicted molar refractivity (Wildman–Crippen MR) is 207 cm³/mol. The first-order chi connectivity index (χ1) is 24.5. The molecule has 50 heavy (non-hydrogen) atoms. The normalized spacial score (nSPS) is 12.9. The predicted octanol–water partition coefficient (Wildman–Crippen LogP) is 11.4. The summed E-state index contributed by atoms with van der Waals surface area (Å²) >= 11 is 0. The van der Waals surface area contributed by atoms with Crippen LogP contribution in [0.3, 0.4) is 0 Å². The number of hydrogen-bond donors (Lipinski definition) is 2. The number of fused-ring (bicyclic) bond motifs is 6. The molecule has 1 aliphatic carbocycles. The Kier molecular flexibility index (Phi) is 8.09. The number of ether oxygens (including phenoxy) is 1. The van der Waals surface area contributed by atoms with E-state index in [0.29, 0.717) is 17.8 Å². The van der Waals surface area contributed by atoms with Crippen LogP contribution >= 0.6 is 0 Å². The molecule has 1 aliphatic rings. The summed E-state index contributed by atoms with van der Waals surface area (Å²) in [7, 11) is 0. The number of furan rings is 1. The topological polar surface area (TPSA) is 70.6 Å². The van der Waals surface area contributed by atoms with E-state index in [1.54, 1.807) is 0 Å². The Labute approximate surface area is 291 Å². The third-order valence-corrected chi connectivity index (χ3v) is 9.33. The summed E-state index contributed by atoms with van der Waals surface area (Å²) in [5.74, 6) is 1.44. The second-order valence-corrected chi connectivity index (χ2v) is 12.7. The smallest absolute Gasteiger partial charge is 0.175 e. The molecule has 5 heteroatoms. The van der Waals surface area contributed by atoms with Crippen LogP contribution in [-0.2, 0) is 0 Å². The number of hydrogen-bond acceptors (Lipinski definition) is 3. The standard InChI is InChI=1S/C45H37N3O2/c1-4-5-14-28(2)25-41(50-40-27-37-33-21-12-18-30-17-11-20-32(42(30)33)36(37)26-29(40)3)47-45(48-44(46)31-15-7-6-8-16-31)35-22-13-24-39-43(35)34-19-9-10-23-38(34)49-39/h5-24,26-27,41H,2,4,25H2,1,3H3,(H2,46,47,48)/b14-5-. The molecule has 0 spiro atoms. The molecule has 1 aromatic heterocycles. The molecule has 0 saturated heterocycles. The van der Waals surface area contributed by atoms with Crippen molar-refractivity contribution in [1.82, 2.24) is 5.32 Å². The molecule has 0 bridgehead atoms. The van der Waals surface area contributed by atoms with Crippen molar-refractivity contribution in [1.29, 1.82) is 5.41 Å². The maximum absolute atomic E-state index is 9.06. The van der Waals surface area contributed by atoms with Crippen molar-refractivity contribution in [2.24, 2.45) is 4.99 Å². The van der Waals surface area contributed by atoms with Crippen molar-refractivity contribution in [2.75, 3.05) is 0 Å². The first-order valence-electron chi connectivity index (χ1n) is 17.1. The van der Waals surface area contributed by atoms with Crippen LogP contribution in [0.15, 0.2) is 155 Å². The van der Waals surface area contributed by atoms with Gasteiger partial charge in [0.25, 0.3) is 0 Å². The third-order valence-electron chi connectivity index (χ3n) is 9.33. The van der Waals surface area contributed by atoms with Crippen LogP contribution < -0.4 is 10.1 Å². The van der Waals surface area contributed by atoms with E-state index in [0.717, 1.165) is 56.4 Å². The van der Waals surface area contributed by atoms with Crippen LogP contribution in [0.2, 0.25) is 0 Å². The molecular weight excluding hydrogens is 615 g/mol.